The molecule has 9 heteroatoms. The molecule has 3 aromatic rings. The van der Waals surface area contributed by atoms with Gasteiger partial charge in [-0.25, -0.2) is 9.37 Å². The number of alkyl halides is 3. The van der Waals surface area contributed by atoms with Crippen molar-refractivity contribution in [1.29, 1.82) is 0 Å². The Labute approximate surface area is 163 Å². The van der Waals surface area contributed by atoms with Gasteiger partial charge >= 0.3 is 6.18 Å². The summed E-state index contributed by atoms with van der Waals surface area (Å²) in [7, 11) is 0. The lowest BCUT2D eigenvalue weighted by Gasteiger charge is -2.12. The molecule has 0 aliphatic carbocycles. The van der Waals surface area contributed by atoms with Crippen LogP contribution in [0, 0.1) is 12.7 Å². The Morgan fingerprint density at radius 2 is 1.83 bits per heavy atom. The van der Waals surface area contributed by atoms with E-state index in [1.165, 1.54) is 24.3 Å². The third-order valence-electron chi connectivity index (χ3n) is 3.83. The topological polar surface area (TPSA) is 77.2 Å². The van der Waals surface area contributed by atoms with Crippen molar-refractivity contribution in [2.45, 2.75) is 13.1 Å². The van der Waals surface area contributed by atoms with Crippen molar-refractivity contribution in [1.82, 2.24) is 4.98 Å². The second-order valence-corrected chi connectivity index (χ2v) is 6.14. The number of nitrogens with zero attached hydrogens (tertiary/aromatic N) is 1. The molecule has 0 saturated heterocycles. The van der Waals surface area contributed by atoms with Crippen LogP contribution in [0.3, 0.4) is 0 Å². The number of hydrogen-bond donors (Lipinski definition) is 2. The van der Waals surface area contributed by atoms with Gasteiger partial charge in [0.05, 0.1) is 11.1 Å². The highest BCUT2D eigenvalue weighted by atomic mass is 19.4. The summed E-state index contributed by atoms with van der Waals surface area (Å²) in [6, 6.07) is 11.0. The van der Waals surface area contributed by atoms with Gasteiger partial charge in [-0.15, -0.1) is 0 Å². The highest BCUT2D eigenvalue weighted by Crippen LogP contribution is 2.34. The first-order valence-corrected chi connectivity index (χ1v) is 8.32. The van der Waals surface area contributed by atoms with Gasteiger partial charge in [-0.05, 0) is 43.3 Å². The molecular formula is C20H15F4N3O2. The van der Waals surface area contributed by atoms with Gasteiger partial charge < -0.3 is 15.8 Å². The molecule has 1 heterocycles. The number of pyridine rings is 1. The van der Waals surface area contributed by atoms with E-state index in [2.05, 4.69) is 10.3 Å². The molecule has 0 radical (unpaired) electrons. The summed E-state index contributed by atoms with van der Waals surface area (Å²) >= 11 is 0. The van der Waals surface area contributed by atoms with Crippen LogP contribution in [-0.2, 0) is 6.18 Å². The fraction of sp³-hybridized carbons (Fsp3) is 0.100. The molecule has 1 aromatic heterocycles. The van der Waals surface area contributed by atoms with Gasteiger partial charge in [-0.1, -0.05) is 6.07 Å². The van der Waals surface area contributed by atoms with Gasteiger partial charge in [0.1, 0.15) is 23.1 Å². The van der Waals surface area contributed by atoms with Crippen LogP contribution >= 0.6 is 0 Å². The van der Waals surface area contributed by atoms with E-state index in [0.29, 0.717) is 23.5 Å². The molecular weight excluding hydrogens is 390 g/mol. The average Bonchev–Trinajstić information content (AvgIpc) is 2.60. The molecule has 3 N–H and O–H groups in total. The predicted octanol–water partition coefficient (Wildman–Crippen LogP) is 5.17. The first kappa shape index (κ1) is 20.1. The number of anilines is 2. The number of aromatic nitrogens is 1. The highest BCUT2D eigenvalue weighted by Gasteiger charge is 2.31. The molecule has 0 bridgehead atoms. The molecule has 1 amide bonds. The van der Waals surface area contributed by atoms with E-state index >= 15 is 0 Å². The Morgan fingerprint density at radius 3 is 2.52 bits per heavy atom. The summed E-state index contributed by atoms with van der Waals surface area (Å²) < 4.78 is 57.3. The van der Waals surface area contributed by atoms with Crippen LogP contribution in [0.2, 0.25) is 0 Å². The second kappa shape index (κ2) is 7.78. The van der Waals surface area contributed by atoms with Gasteiger partial charge in [0.15, 0.2) is 0 Å². The van der Waals surface area contributed by atoms with Gasteiger partial charge in [-0.3, -0.25) is 4.79 Å². The minimum atomic E-state index is -4.71. The van der Waals surface area contributed by atoms with Crippen LogP contribution in [0.1, 0.15) is 21.6 Å². The fourth-order valence-corrected chi connectivity index (χ4v) is 2.53. The Kier molecular flexibility index (Phi) is 5.40. The number of nitrogen functional groups attached to an aromatic ring is 1. The first-order chi connectivity index (χ1) is 13.6. The molecule has 2 aromatic carbocycles. The SMILES string of the molecule is Cc1ccc(C(=O)Nc2cccc(Oc3cc(F)cc(C(F)(F)F)c3)c2)c(N)n1. The maximum absolute atomic E-state index is 13.5. The summed E-state index contributed by atoms with van der Waals surface area (Å²) in [5.74, 6) is -1.75. The molecule has 0 aliphatic rings. The van der Waals surface area contributed by atoms with E-state index in [1.807, 2.05) is 0 Å². The van der Waals surface area contributed by atoms with Crippen molar-refractivity contribution in [2.24, 2.45) is 0 Å². The van der Waals surface area contributed by atoms with Crippen LogP contribution in [0.15, 0.2) is 54.6 Å². The Bertz CT molecular complexity index is 1070. The number of nitrogens with one attached hydrogen (secondary N) is 1. The number of benzene rings is 2. The zero-order chi connectivity index (χ0) is 21.2. The van der Waals surface area contributed by atoms with Crippen molar-refractivity contribution in [3.63, 3.8) is 0 Å². The van der Waals surface area contributed by atoms with Gasteiger partial charge in [0, 0.05) is 23.5 Å². The number of hydrogen-bond acceptors (Lipinski definition) is 4. The van der Waals surface area contributed by atoms with Gasteiger partial charge in [0.2, 0.25) is 0 Å². The maximum Gasteiger partial charge on any atom is 0.416 e. The van der Waals surface area contributed by atoms with E-state index < -0.39 is 23.5 Å². The largest absolute Gasteiger partial charge is 0.457 e. The van der Waals surface area contributed by atoms with E-state index in [1.54, 1.807) is 19.1 Å². The fourth-order valence-electron chi connectivity index (χ4n) is 2.53. The molecule has 29 heavy (non-hydrogen) atoms. The number of aryl methyl sites for hydroxylation is 1. The Balaban J connectivity index is 1.80. The smallest absolute Gasteiger partial charge is 0.416 e. The number of ether oxygens (including phenoxy) is 1. The van der Waals surface area contributed by atoms with E-state index in [4.69, 9.17) is 10.5 Å². The third kappa shape index (κ3) is 5.01. The summed E-state index contributed by atoms with van der Waals surface area (Å²) in [5, 5.41) is 2.60. The lowest BCUT2D eigenvalue weighted by Crippen LogP contribution is -2.15. The molecule has 0 aliphatic heterocycles. The number of amides is 1. The van der Waals surface area contributed by atoms with Crippen LogP contribution < -0.4 is 15.8 Å². The number of halogens is 4. The molecule has 150 valence electrons. The summed E-state index contributed by atoms with van der Waals surface area (Å²) in [4.78, 5) is 16.4. The first-order valence-electron chi connectivity index (χ1n) is 8.32. The van der Waals surface area contributed by atoms with Crippen LogP contribution in [0.4, 0.5) is 29.1 Å². The normalized spacial score (nSPS) is 11.2. The van der Waals surface area contributed by atoms with E-state index in [0.717, 1.165) is 6.07 Å². The lowest BCUT2D eigenvalue weighted by molar-refractivity contribution is -0.137. The van der Waals surface area contributed by atoms with Crippen LogP contribution in [0.25, 0.3) is 0 Å². The minimum Gasteiger partial charge on any atom is -0.457 e. The number of rotatable bonds is 4. The van der Waals surface area contributed by atoms with E-state index in [9.17, 15) is 22.4 Å². The van der Waals surface area contributed by atoms with Gasteiger partial charge in [0.25, 0.3) is 5.91 Å². The van der Waals surface area contributed by atoms with Crippen molar-refractivity contribution in [3.8, 4) is 11.5 Å². The van der Waals surface area contributed by atoms with Crippen LogP contribution in [0.5, 0.6) is 11.5 Å². The number of carbonyl (C=O) groups is 1. The zero-order valence-corrected chi connectivity index (χ0v) is 15.0. The third-order valence-corrected chi connectivity index (χ3v) is 3.83. The number of carbonyl (C=O) groups excluding carboxylic acids is 1. The summed E-state index contributed by atoms with van der Waals surface area (Å²) in [6.07, 6.45) is -4.71. The molecule has 0 atom stereocenters. The molecule has 5 nitrogen and oxygen atoms in total. The zero-order valence-electron chi connectivity index (χ0n) is 15.0. The van der Waals surface area contributed by atoms with Crippen molar-refractivity contribution >= 4 is 17.4 Å². The molecule has 0 fully saturated rings. The van der Waals surface area contributed by atoms with Crippen molar-refractivity contribution in [3.05, 3.63) is 77.2 Å². The molecule has 3 rings (SSSR count). The van der Waals surface area contributed by atoms with E-state index in [-0.39, 0.29) is 22.9 Å². The highest BCUT2D eigenvalue weighted by molar-refractivity contribution is 6.07. The Morgan fingerprint density at radius 1 is 1.07 bits per heavy atom. The second-order valence-electron chi connectivity index (χ2n) is 6.14. The predicted molar refractivity (Wildman–Crippen MR) is 99.3 cm³/mol. The number of nitrogens with two attached hydrogens (primary N) is 1. The quantitative estimate of drug-likeness (QED) is 0.587. The molecule has 0 spiro atoms. The summed E-state index contributed by atoms with van der Waals surface area (Å²) in [6.45, 7) is 1.73. The van der Waals surface area contributed by atoms with Crippen molar-refractivity contribution < 1.29 is 27.1 Å². The summed E-state index contributed by atoms with van der Waals surface area (Å²) in [5.41, 5.74) is 5.71. The van der Waals surface area contributed by atoms with Gasteiger partial charge in [-0.2, -0.15) is 13.2 Å². The van der Waals surface area contributed by atoms with Crippen LogP contribution in [-0.4, -0.2) is 10.9 Å². The monoisotopic (exact) mass is 405 g/mol. The van der Waals surface area contributed by atoms with Crippen molar-refractivity contribution in [2.75, 3.05) is 11.1 Å². The molecule has 0 saturated carbocycles. The average molecular weight is 405 g/mol. The lowest BCUT2D eigenvalue weighted by atomic mass is 10.2. The Hall–Kier alpha value is -3.62. The minimum absolute atomic E-state index is 0.0642. The standard InChI is InChI=1S/C20H15F4N3O2/c1-11-5-6-17(18(25)26-11)19(28)27-14-3-2-4-15(10-14)29-16-8-12(20(22,23)24)7-13(21)9-16/h2-10H,1H3,(H2,25,26)(H,27,28). The maximum atomic E-state index is 13.5. The molecule has 0 unspecified atom stereocenters.